The molecule has 214 valence electrons. The fourth-order valence-corrected chi connectivity index (χ4v) is 6.66. The molecular formula is C39H37N3O. The van der Waals surface area contributed by atoms with Gasteiger partial charge in [0.15, 0.2) is 0 Å². The summed E-state index contributed by atoms with van der Waals surface area (Å²) < 4.78 is 8.99. The molecule has 4 heteroatoms. The summed E-state index contributed by atoms with van der Waals surface area (Å²) in [5, 5.41) is 2.15. The van der Waals surface area contributed by atoms with Crippen molar-refractivity contribution in [2.45, 2.75) is 59.9 Å². The summed E-state index contributed by atoms with van der Waals surface area (Å²) in [6.07, 6.45) is 0. The molecule has 7 rings (SSSR count). The Balaban J connectivity index is 1.48. The number of hydrogen-bond donors (Lipinski definition) is 0. The van der Waals surface area contributed by atoms with Crippen LogP contribution in [0.15, 0.2) is 95.4 Å². The van der Waals surface area contributed by atoms with Crippen molar-refractivity contribution >= 4 is 33.0 Å². The maximum Gasteiger partial charge on any atom is 0.146 e. The van der Waals surface area contributed by atoms with Gasteiger partial charge in [-0.15, -0.1) is 0 Å². The van der Waals surface area contributed by atoms with Crippen LogP contribution in [0.5, 0.6) is 0 Å². The van der Waals surface area contributed by atoms with E-state index < -0.39 is 0 Å². The van der Waals surface area contributed by atoms with Gasteiger partial charge < -0.3 is 8.98 Å². The van der Waals surface area contributed by atoms with Crippen LogP contribution in [0.4, 0.5) is 0 Å². The molecule has 43 heavy (non-hydrogen) atoms. The predicted octanol–water partition coefficient (Wildman–Crippen LogP) is 10.6. The number of nitrogens with zero attached hydrogens (tertiary/aromatic N) is 3. The summed E-state index contributed by atoms with van der Waals surface area (Å²) in [5.74, 6) is 1.66. The van der Waals surface area contributed by atoms with Crippen LogP contribution in [-0.2, 0) is 6.54 Å². The molecule has 3 heterocycles. The van der Waals surface area contributed by atoms with E-state index in [9.17, 15) is 0 Å². The Hall–Kier alpha value is -4.70. The maximum atomic E-state index is 6.60. The molecule has 0 aliphatic rings. The third kappa shape index (κ3) is 4.62. The Morgan fingerprint density at radius 2 is 1.42 bits per heavy atom. The molecule has 0 N–H and O–H groups in total. The van der Waals surface area contributed by atoms with Crippen LogP contribution in [0.1, 0.15) is 67.6 Å². The van der Waals surface area contributed by atoms with E-state index in [1.807, 2.05) is 13.0 Å². The molecule has 0 saturated carbocycles. The summed E-state index contributed by atoms with van der Waals surface area (Å²) in [6.45, 7) is 14.0. The fourth-order valence-electron chi connectivity index (χ4n) is 6.66. The van der Waals surface area contributed by atoms with E-state index in [4.69, 9.17) is 14.4 Å². The fraction of sp³-hybridized carbons (Fsp3) is 0.231. The topological polar surface area (TPSA) is 43.9 Å². The van der Waals surface area contributed by atoms with Gasteiger partial charge in [0, 0.05) is 28.2 Å². The zero-order chi connectivity index (χ0) is 29.8. The van der Waals surface area contributed by atoms with Crippen LogP contribution < -0.4 is 0 Å². The van der Waals surface area contributed by atoms with Gasteiger partial charge in [-0.05, 0) is 71.7 Å². The molecule has 0 radical (unpaired) electrons. The highest BCUT2D eigenvalue weighted by Gasteiger charge is 2.23. The molecule has 3 aromatic heterocycles. The predicted molar refractivity (Wildman–Crippen MR) is 179 cm³/mol. The Kier molecular flexibility index (Phi) is 6.65. The van der Waals surface area contributed by atoms with Gasteiger partial charge in [0.2, 0.25) is 0 Å². The maximum absolute atomic E-state index is 6.60. The van der Waals surface area contributed by atoms with E-state index in [1.165, 1.54) is 27.8 Å². The van der Waals surface area contributed by atoms with Crippen molar-refractivity contribution in [3.8, 4) is 22.5 Å². The van der Waals surface area contributed by atoms with Crippen LogP contribution >= 0.6 is 0 Å². The lowest BCUT2D eigenvalue weighted by Crippen LogP contribution is -2.11. The third-order valence-electron chi connectivity index (χ3n) is 8.67. The van der Waals surface area contributed by atoms with Crippen molar-refractivity contribution in [2.24, 2.45) is 0 Å². The number of hydrogen-bond acceptors (Lipinski definition) is 3. The average Bonchev–Trinajstić information content (AvgIpc) is 3.55. The van der Waals surface area contributed by atoms with E-state index in [0.29, 0.717) is 11.8 Å². The van der Waals surface area contributed by atoms with Crippen molar-refractivity contribution < 1.29 is 4.42 Å². The molecule has 0 saturated heterocycles. The Labute approximate surface area is 253 Å². The van der Waals surface area contributed by atoms with E-state index in [-0.39, 0.29) is 0 Å². The lowest BCUT2D eigenvalue weighted by molar-refractivity contribution is 0.667. The summed E-state index contributed by atoms with van der Waals surface area (Å²) >= 11 is 0. The second kappa shape index (κ2) is 10.5. The van der Waals surface area contributed by atoms with Gasteiger partial charge in [0.05, 0.1) is 23.1 Å². The van der Waals surface area contributed by atoms with Gasteiger partial charge in [-0.1, -0.05) is 94.4 Å². The van der Waals surface area contributed by atoms with E-state index >= 15 is 0 Å². The highest BCUT2D eigenvalue weighted by molar-refractivity contribution is 6.10. The zero-order valence-corrected chi connectivity index (χ0v) is 25.8. The first-order chi connectivity index (χ1) is 20.8. The number of imidazole rings is 1. The quantitative estimate of drug-likeness (QED) is 0.202. The van der Waals surface area contributed by atoms with Crippen LogP contribution in [0, 0.1) is 13.8 Å². The summed E-state index contributed by atoms with van der Waals surface area (Å²) in [5.41, 5.74) is 13.4. The second-order valence-corrected chi connectivity index (χ2v) is 12.3. The lowest BCUT2D eigenvalue weighted by atomic mass is 9.85. The largest absolute Gasteiger partial charge is 0.455 e. The molecule has 0 spiro atoms. The molecular weight excluding hydrogens is 526 g/mol. The Morgan fingerprint density at radius 1 is 0.721 bits per heavy atom. The van der Waals surface area contributed by atoms with Crippen LogP contribution in [0.3, 0.4) is 0 Å². The van der Waals surface area contributed by atoms with Gasteiger partial charge >= 0.3 is 0 Å². The SMILES string of the molecule is Cc1cc2oc3c(-c4nc5ccccc5n4Cc4c(C(C)C)cc(-c5ccccc5)cc4C(C)C)cccc3c2c(C)n1. The third-order valence-corrected chi connectivity index (χ3v) is 8.67. The molecule has 0 aliphatic heterocycles. The van der Waals surface area contributed by atoms with Crippen molar-refractivity contribution in [3.05, 3.63) is 119 Å². The van der Waals surface area contributed by atoms with Crippen LogP contribution in [-0.4, -0.2) is 14.5 Å². The van der Waals surface area contributed by atoms with Crippen LogP contribution in [0.2, 0.25) is 0 Å². The van der Waals surface area contributed by atoms with Gasteiger partial charge in [-0.25, -0.2) is 4.98 Å². The molecule has 0 unspecified atom stereocenters. The first kappa shape index (κ1) is 27.2. The Bertz CT molecular complexity index is 2100. The van der Waals surface area contributed by atoms with Gasteiger partial charge in [-0.3, -0.25) is 4.98 Å². The normalized spacial score (nSPS) is 12.0. The number of benzene rings is 4. The molecule has 4 aromatic carbocycles. The minimum absolute atomic E-state index is 0.368. The molecule has 0 fully saturated rings. The van der Waals surface area contributed by atoms with Gasteiger partial charge in [0.1, 0.15) is 17.0 Å². The van der Waals surface area contributed by atoms with Crippen molar-refractivity contribution in [1.29, 1.82) is 0 Å². The lowest BCUT2D eigenvalue weighted by Gasteiger charge is -2.23. The number of aryl methyl sites for hydroxylation is 2. The van der Waals surface area contributed by atoms with Crippen molar-refractivity contribution in [2.75, 3.05) is 0 Å². The molecule has 4 nitrogen and oxygen atoms in total. The number of para-hydroxylation sites is 3. The summed E-state index contributed by atoms with van der Waals surface area (Å²) in [4.78, 5) is 9.98. The summed E-state index contributed by atoms with van der Waals surface area (Å²) in [7, 11) is 0. The highest BCUT2D eigenvalue weighted by atomic mass is 16.3. The minimum Gasteiger partial charge on any atom is -0.455 e. The second-order valence-electron chi connectivity index (χ2n) is 12.3. The number of furan rings is 1. The van der Waals surface area contributed by atoms with Gasteiger partial charge in [0.25, 0.3) is 0 Å². The molecule has 0 atom stereocenters. The van der Waals surface area contributed by atoms with Gasteiger partial charge in [-0.2, -0.15) is 0 Å². The van der Waals surface area contributed by atoms with E-state index in [2.05, 4.69) is 124 Å². The molecule has 0 bridgehead atoms. The zero-order valence-electron chi connectivity index (χ0n) is 25.8. The number of rotatable bonds is 6. The first-order valence-corrected chi connectivity index (χ1v) is 15.3. The van der Waals surface area contributed by atoms with Crippen LogP contribution in [0.25, 0.3) is 55.5 Å². The molecule has 7 aromatic rings. The highest BCUT2D eigenvalue weighted by Crippen LogP contribution is 2.40. The average molecular weight is 564 g/mol. The number of pyridine rings is 1. The number of fused-ring (bicyclic) bond motifs is 4. The minimum atomic E-state index is 0.368. The Morgan fingerprint density at radius 3 is 2.14 bits per heavy atom. The summed E-state index contributed by atoms with van der Waals surface area (Å²) in [6, 6.07) is 32.4. The monoisotopic (exact) mass is 563 g/mol. The number of aromatic nitrogens is 3. The first-order valence-electron chi connectivity index (χ1n) is 15.3. The van der Waals surface area contributed by atoms with Crippen molar-refractivity contribution in [3.63, 3.8) is 0 Å². The van der Waals surface area contributed by atoms with E-state index in [1.54, 1.807) is 0 Å². The van der Waals surface area contributed by atoms with Crippen molar-refractivity contribution in [1.82, 2.24) is 14.5 Å². The molecule has 0 amide bonds. The van der Waals surface area contributed by atoms with E-state index in [0.717, 1.165) is 62.3 Å². The smallest absolute Gasteiger partial charge is 0.146 e. The standard InChI is InChI=1S/C39H37N3O/c1-23(2)31-20-28(27-13-8-7-9-14-27)21-32(24(3)4)33(31)22-42-35-18-11-10-17-34(35)41-39(42)30-16-12-15-29-37-26(6)40-25(5)19-36(37)43-38(29)30/h7-21,23-24H,22H2,1-6H3. The molecule has 0 aliphatic carbocycles.